The Labute approximate surface area is 158 Å². The van der Waals surface area contributed by atoms with Gasteiger partial charge in [0.1, 0.15) is 5.82 Å². The summed E-state index contributed by atoms with van der Waals surface area (Å²) in [4.78, 5) is 29.1. The lowest BCUT2D eigenvalue weighted by atomic mass is 9.81. The molecule has 4 rings (SSSR count). The zero-order chi connectivity index (χ0) is 19.0. The number of likely N-dealkylation sites (N-methyl/N-ethyl adjacent to an activating group) is 1. The van der Waals surface area contributed by atoms with Gasteiger partial charge in [-0.25, -0.2) is 4.39 Å². The van der Waals surface area contributed by atoms with E-state index in [-0.39, 0.29) is 28.8 Å². The molecular weight excluding hydrogens is 343 g/mol. The number of piperidine rings is 1. The number of benzene rings is 2. The first kappa shape index (κ1) is 17.7. The highest BCUT2D eigenvalue weighted by Crippen LogP contribution is 2.44. The van der Waals surface area contributed by atoms with E-state index in [9.17, 15) is 14.0 Å². The molecular formula is C22H23FN2O2. The quantitative estimate of drug-likeness (QED) is 0.817. The van der Waals surface area contributed by atoms with E-state index in [1.165, 1.54) is 12.1 Å². The van der Waals surface area contributed by atoms with E-state index in [0.29, 0.717) is 13.1 Å². The Bertz CT molecular complexity index is 860. The van der Waals surface area contributed by atoms with E-state index in [1.807, 2.05) is 42.3 Å². The van der Waals surface area contributed by atoms with E-state index in [2.05, 4.69) is 0 Å². The second-order valence-electron chi connectivity index (χ2n) is 7.56. The molecule has 1 atom stereocenters. The number of carbonyl (C=O) groups excluding carboxylic acids is 2. The molecule has 2 aromatic carbocycles. The smallest absolute Gasteiger partial charge is 0.256 e. The van der Waals surface area contributed by atoms with Crippen LogP contribution in [0.4, 0.5) is 4.39 Å². The highest BCUT2D eigenvalue weighted by Gasteiger charge is 2.50. The lowest BCUT2D eigenvalue weighted by molar-refractivity contribution is -0.131. The van der Waals surface area contributed by atoms with Gasteiger partial charge in [-0.1, -0.05) is 42.5 Å². The molecule has 0 bridgehead atoms. The first-order valence-electron chi connectivity index (χ1n) is 9.38. The van der Waals surface area contributed by atoms with Gasteiger partial charge in [-0.2, -0.15) is 0 Å². The van der Waals surface area contributed by atoms with Crippen LogP contribution in [0.5, 0.6) is 0 Å². The molecule has 5 heteroatoms. The fourth-order valence-electron chi connectivity index (χ4n) is 4.49. The molecule has 2 saturated heterocycles. The number of nitrogens with zero attached hydrogens (tertiary/aromatic N) is 2. The van der Waals surface area contributed by atoms with Crippen LogP contribution in [-0.2, 0) is 4.79 Å². The first-order valence-corrected chi connectivity index (χ1v) is 9.38. The Morgan fingerprint density at radius 1 is 1.04 bits per heavy atom. The molecule has 0 aromatic heterocycles. The number of amides is 2. The van der Waals surface area contributed by atoms with Gasteiger partial charge in [0.2, 0.25) is 5.91 Å². The Morgan fingerprint density at radius 3 is 2.33 bits per heavy atom. The topological polar surface area (TPSA) is 40.6 Å². The maximum atomic E-state index is 13.9. The molecule has 2 aliphatic heterocycles. The second kappa shape index (κ2) is 6.80. The normalized spacial score (nSPS) is 21.7. The summed E-state index contributed by atoms with van der Waals surface area (Å²) < 4.78 is 13.9. The van der Waals surface area contributed by atoms with Crippen LogP contribution in [-0.4, -0.2) is 47.3 Å². The summed E-state index contributed by atoms with van der Waals surface area (Å²) in [7, 11) is 1.87. The van der Waals surface area contributed by atoms with Gasteiger partial charge in [0, 0.05) is 25.7 Å². The molecule has 140 valence electrons. The highest BCUT2D eigenvalue weighted by atomic mass is 19.1. The summed E-state index contributed by atoms with van der Waals surface area (Å²) in [5.41, 5.74) is 0.950. The molecule has 2 fully saturated rings. The van der Waals surface area contributed by atoms with E-state index in [4.69, 9.17) is 0 Å². The summed E-state index contributed by atoms with van der Waals surface area (Å²) in [6.45, 7) is 1.07. The van der Waals surface area contributed by atoms with Crippen molar-refractivity contribution in [2.24, 2.45) is 0 Å². The van der Waals surface area contributed by atoms with E-state index >= 15 is 0 Å². The number of carbonyl (C=O) groups is 2. The van der Waals surface area contributed by atoms with Crippen LogP contribution in [0.1, 0.15) is 41.1 Å². The molecule has 2 aliphatic rings. The van der Waals surface area contributed by atoms with Crippen molar-refractivity contribution in [3.05, 3.63) is 71.5 Å². The minimum Gasteiger partial charge on any atom is -0.339 e. The molecule has 0 N–H and O–H groups in total. The molecule has 0 saturated carbocycles. The minimum absolute atomic E-state index is 0.117. The average Bonchev–Trinajstić information content (AvgIpc) is 2.94. The van der Waals surface area contributed by atoms with Crippen molar-refractivity contribution >= 4 is 11.8 Å². The molecule has 2 aromatic rings. The number of rotatable bonds is 2. The molecule has 2 heterocycles. The van der Waals surface area contributed by atoms with Gasteiger partial charge < -0.3 is 9.80 Å². The summed E-state index contributed by atoms with van der Waals surface area (Å²) in [6, 6.07) is 16.0. The number of likely N-dealkylation sites (tertiary alicyclic amines) is 2. The van der Waals surface area contributed by atoms with Crippen molar-refractivity contribution in [3.63, 3.8) is 0 Å². The van der Waals surface area contributed by atoms with Crippen molar-refractivity contribution in [1.29, 1.82) is 0 Å². The Kier molecular flexibility index (Phi) is 4.46. The van der Waals surface area contributed by atoms with Crippen LogP contribution in [0.15, 0.2) is 54.6 Å². The molecule has 0 aliphatic carbocycles. The van der Waals surface area contributed by atoms with Gasteiger partial charge in [0.05, 0.1) is 11.5 Å². The van der Waals surface area contributed by atoms with Crippen molar-refractivity contribution in [2.75, 3.05) is 20.1 Å². The minimum atomic E-state index is -0.486. The lowest BCUT2D eigenvalue weighted by Crippen LogP contribution is -2.52. The molecule has 2 amide bonds. The molecule has 1 spiro atoms. The zero-order valence-corrected chi connectivity index (χ0v) is 15.4. The number of hydrogen-bond acceptors (Lipinski definition) is 2. The number of hydrogen-bond donors (Lipinski definition) is 0. The van der Waals surface area contributed by atoms with Gasteiger partial charge in [-0.3, -0.25) is 9.59 Å². The average molecular weight is 366 g/mol. The summed E-state index contributed by atoms with van der Waals surface area (Å²) in [5.74, 6) is -0.727. The van der Waals surface area contributed by atoms with Crippen molar-refractivity contribution in [1.82, 2.24) is 9.80 Å². The molecule has 27 heavy (non-hydrogen) atoms. The Balaban J connectivity index is 1.49. The first-order chi connectivity index (χ1) is 13.0. The lowest BCUT2D eigenvalue weighted by Gasteiger charge is -2.43. The van der Waals surface area contributed by atoms with Crippen LogP contribution in [0, 0.1) is 5.82 Å². The standard InChI is InChI=1S/C22H23FN2O2/c1-24-20(26)18(16-7-3-2-4-8-16)15-22(24)11-13-25(14-12-22)21(27)17-9-5-6-10-19(17)23/h2-10,18H,11-15H2,1H3/t18-/m0/s1. The Morgan fingerprint density at radius 2 is 1.67 bits per heavy atom. The summed E-state index contributed by atoms with van der Waals surface area (Å²) >= 11 is 0. The highest BCUT2D eigenvalue weighted by molar-refractivity contribution is 5.94. The molecule has 4 nitrogen and oxygen atoms in total. The van der Waals surface area contributed by atoms with Gasteiger partial charge in [-0.15, -0.1) is 0 Å². The van der Waals surface area contributed by atoms with Gasteiger partial charge in [-0.05, 0) is 37.0 Å². The van der Waals surface area contributed by atoms with Crippen LogP contribution in [0.3, 0.4) is 0 Å². The maximum Gasteiger partial charge on any atom is 0.256 e. The van der Waals surface area contributed by atoms with E-state index < -0.39 is 5.82 Å². The maximum absolute atomic E-state index is 13.9. The molecule has 0 unspecified atom stereocenters. The predicted molar refractivity (Wildman–Crippen MR) is 101 cm³/mol. The summed E-state index contributed by atoms with van der Waals surface area (Å²) in [6.07, 6.45) is 2.21. The van der Waals surface area contributed by atoms with Gasteiger partial charge in [0.15, 0.2) is 0 Å². The second-order valence-corrected chi connectivity index (χ2v) is 7.56. The SMILES string of the molecule is CN1C(=O)[C@H](c2ccccc2)CC12CCN(C(=O)c1ccccc1F)CC2. The van der Waals surface area contributed by atoms with Gasteiger partial charge in [0.25, 0.3) is 5.91 Å². The third-order valence-electron chi connectivity index (χ3n) is 6.21. The van der Waals surface area contributed by atoms with E-state index in [0.717, 1.165) is 24.8 Å². The van der Waals surface area contributed by atoms with Gasteiger partial charge >= 0.3 is 0 Å². The number of halogens is 1. The third-order valence-corrected chi connectivity index (χ3v) is 6.21. The van der Waals surface area contributed by atoms with Crippen molar-refractivity contribution in [3.8, 4) is 0 Å². The van der Waals surface area contributed by atoms with Crippen LogP contribution >= 0.6 is 0 Å². The molecule has 0 radical (unpaired) electrons. The largest absolute Gasteiger partial charge is 0.339 e. The zero-order valence-electron chi connectivity index (χ0n) is 15.4. The fourth-order valence-corrected chi connectivity index (χ4v) is 4.49. The van der Waals surface area contributed by atoms with Crippen LogP contribution in [0.2, 0.25) is 0 Å². The van der Waals surface area contributed by atoms with Crippen LogP contribution < -0.4 is 0 Å². The predicted octanol–water partition coefficient (Wildman–Crippen LogP) is 3.45. The fraction of sp³-hybridized carbons (Fsp3) is 0.364. The van der Waals surface area contributed by atoms with E-state index in [1.54, 1.807) is 17.0 Å². The third kappa shape index (κ3) is 3.01. The van der Waals surface area contributed by atoms with Crippen LogP contribution in [0.25, 0.3) is 0 Å². The van der Waals surface area contributed by atoms with Crippen molar-refractivity contribution < 1.29 is 14.0 Å². The Hall–Kier alpha value is -2.69. The summed E-state index contributed by atoms with van der Waals surface area (Å²) in [5, 5.41) is 0. The van der Waals surface area contributed by atoms with Crippen molar-refractivity contribution in [2.45, 2.75) is 30.7 Å². The monoisotopic (exact) mass is 366 g/mol.